The van der Waals surface area contributed by atoms with E-state index in [-0.39, 0.29) is 10.8 Å². The zero-order valence-corrected chi connectivity index (χ0v) is 9.58. The Morgan fingerprint density at radius 3 is 2.88 bits per heavy atom. The molecule has 1 aromatic heterocycles. The molecule has 0 radical (unpaired) electrons. The molecule has 0 aliphatic rings. The summed E-state index contributed by atoms with van der Waals surface area (Å²) in [7, 11) is 0. The highest BCUT2D eigenvalue weighted by atomic mass is 32.1. The number of benzene rings is 1. The van der Waals surface area contributed by atoms with Gasteiger partial charge in [0.05, 0.1) is 11.8 Å². The third-order valence-corrected chi connectivity index (χ3v) is 2.29. The molecule has 3 nitrogen and oxygen atoms in total. The van der Waals surface area contributed by atoms with Crippen LogP contribution in [0.15, 0.2) is 42.7 Å². The number of thiocarbonyl (C=S) groups is 1. The molecule has 0 amide bonds. The minimum Gasteiger partial charge on any atom is -0.455 e. The second-order valence-electron chi connectivity index (χ2n) is 3.30. The summed E-state index contributed by atoms with van der Waals surface area (Å²) in [5, 5.41) is 0. The number of nitrogens with two attached hydrogens (primary N) is 1. The Morgan fingerprint density at radius 1 is 1.35 bits per heavy atom. The van der Waals surface area contributed by atoms with E-state index in [1.807, 2.05) is 0 Å². The summed E-state index contributed by atoms with van der Waals surface area (Å²) in [6, 6.07) is 7.46. The molecule has 0 unspecified atom stereocenters. The van der Waals surface area contributed by atoms with E-state index in [1.165, 1.54) is 18.3 Å². The maximum Gasteiger partial charge on any atom is 0.155 e. The lowest BCUT2D eigenvalue weighted by Crippen LogP contribution is -2.10. The Kier molecular flexibility index (Phi) is 3.30. The van der Waals surface area contributed by atoms with E-state index in [9.17, 15) is 4.39 Å². The van der Waals surface area contributed by atoms with Crippen molar-refractivity contribution in [3.8, 4) is 11.5 Å². The Labute approximate surface area is 103 Å². The predicted molar refractivity (Wildman–Crippen MR) is 66.6 cm³/mol. The van der Waals surface area contributed by atoms with Gasteiger partial charge in [-0.05, 0) is 18.2 Å². The van der Waals surface area contributed by atoms with Gasteiger partial charge in [0.2, 0.25) is 0 Å². The molecule has 0 aliphatic carbocycles. The first-order valence-corrected chi connectivity index (χ1v) is 5.25. The largest absolute Gasteiger partial charge is 0.455 e. The third kappa shape index (κ3) is 2.76. The van der Waals surface area contributed by atoms with E-state index in [1.54, 1.807) is 24.4 Å². The standard InChI is InChI=1S/C12H9FN2OS/c13-8-2-1-3-9(6-8)16-11-7-15-5-4-10(11)12(14)17/h1-7H,(H2,14,17). The number of ether oxygens (including phenoxy) is 1. The van der Waals surface area contributed by atoms with Crippen LogP contribution >= 0.6 is 12.2 Å². The van der Waals surface area contributed by atoms with Crippen molar-refractivity contribution in [2.75, 3.05) is 0 Å². The number of rotatable bonds is 3. The zero-order chi connectivity index (χ0) is 12.3. The second kappa shape index (κ2) is 4.88. The van der Waals surface area contributed by atoms with E-state index >= 15 is 0 Å². The number of aromatic nitrogens is 1. The van der Waals surface area contributed by atoms with Gasteiger partial charge in [0.15, 0.2) is 5.75 Å². The van der Waals surface area contributed by atoms with Gasteiger partial charge in [-0.2, -0.15) is 0 Å². The average Bonchev–Trinajstić information content (AvgIpc) is 2.29. The number of nitrogens with zero attached hydrogens (tertiary/aromatic N) is 1. The summed E-state index contributed by atoms with van der Waals surface area (Å²) in [5.41, 5.74) is 6.12. The maximum atomic E-state index is 13.0. The highest BCUT2D eigenvalue weighted by molar-refractivity contribution is 7.80. The molecule has 17 heavy (non-hydrogen) atoms. The molecule has 0 aliphatic heterocycles. The lowest BCUT2D eigenvalue weighted by molar-refractivity contribution is 0.473. The van der Waals surface area contributed by atoms with Gasteiger partial charge in [-0.25, -0.2) is 4.39 Å². The van der Waals surface area contributed by atoms with Crippen LogP contribution in [0.2, 0.25) is 0 Å². The third-order valence-electron chi connectivity index (χ3n) is 2.07. The molecule has 2 aromatic rings. The van der Waals surface area contributed by atoms with E-state index in [0.29, 0.717) is 17.1 Å². The quantitative estimate of drug-likeness (QED) is 0.848. The minimum atomic E-state index is -0.372. The monoisotopic (exact) mass is 248 g/mol. The highest BCUT2D eigenvalue weighted by Crippen LogP contribution is 2.24. The molecule has 0 spiro atoms. The van der Waals surface area contributed by atoms with E-state index in [2.05, 4.69) is 4.98 Å². The first-order valence-electron chi connectivity index (χ1n) is 4.84. The Morgan fingerprint density at radius 2 is 2.18 bits per heavy atom. The van der Waals surface area contributed by atoms with Gasteiger partial charge < -0.3 is 10.5 Å². The molecule has 1 heterocycles. The van der Waals surface area contributed by atoms with Crippen LogP contribution in [-0.4, -0.2) is 9.97 Å². The van der Waals surface area contributed by atoms with Crippen LogP contribution in [0, 0.1) is 5.82 Å². The number of hydrogen-bond donors (Lipinski definition) is 1. The van der Waals surface area contributed by atoms with Crippen molar-refractivity contribution in [2.45, 2.75) is 0 Å². The molecule has 0 fully saturated rings. The zero-order valence-electron chi connectivity index (χ0n) is 8.76. The fraction of sp³-hybridized carbons (Fsp3) is 0. The van der Waals surface area contributed by atoms with Crippen molar-refractivity contribution in [3.05, 3.63) is 54.1 Å². The first kappa shape index (κ1) is 11.5. The summed E-state index contributed by atoms with van der Waals surface area (Å²) in [6.45, 7) is 0. The normalized spacial score (nSPS) is 9.94. The Hall–Kier alpha value is -2.01. The van der Waals surface area contributed by atoms with E-state index in [0.717, 1.165) is 0 Å². The average molecular weight is 248 g/mol. The Bertz CT molecular complexity index is 560. The van der Waals surface area contributed by atoms with Crippen molar-refractivity contribution in [1.29, 1.82) is 0 Å². The van der Waals surface area contributed by atoms with Gasteiger partial charge in [0, 0.05) is 12.3 Å². The SMILES string of the molecule is NC(=S)c1ccncc1Oc1cccc(F)c1. The molecule has 0 bridgehead atoms. The molecule has 2 rings (SSSR count). The van der Waals surface area contributed by atoms with Crippen molar-refractivity contribution < 1.29 is 9.13 Å². The van der Waals surface area contributed by atoms with Gasteiger partial charge in [0.1, 0.15) is 16.6 Å². The van der Waals surface area contributed by atoms with Crippen molar-refractivity contribution in [3.63, 3.8) is 0 Å². The molecule has 0 atom stereocenters. The fourth-order valence-corrected chi connectivity index (χ4v) is 1.49. The van der Waals surface area contributed by atoms with Gasteiger partial charge in [-0.1, -0.05) is 18.3 Å². The topological polar surface area (TPSA) is 48.1 Å². The summed E-state index contributed by atoms with van der Waals surface area (Å²) in [4.78, 5) is 4.12. The van der Waals surface area contributed by atoms with E-state index < -0.39 is 0 Å². The predicted octanol–water partition coefficient (Wildman–Crippen LogP) is 2.65. The molecule has 86 valence electrons. The van der Waals surface area contributed by atoms with Crippen LogP contribution in [0.25, 0.3) is 0 Å². The van der Waals surface area contributed by atoms with Crippen molar-refractivity contribution in [1.82, 2.24) is 4.98 Å². The first-order chi connectivity index (χ1) is 8.16. The summed E-state index contributed by atoms with van der Waals surface area (Å²) in [5.74, 6) is 0.407. The fourth-order valence-electron chi connectivity index (χ4n) is 1.32. The van der Waals surface area contributed by atoms with Gasteiger partial charge in [-0.3, -0.25) is 4.98 Å². The van der Waals surface area contributed by atoms with E-state index in [4.69, 9.17) is 22.7 Å². The number of halogens is 1. The van der Waals surface area contributed by atoms with Gasteiger partial charge >= 0.3 is 0 Å². The van der Waals surface area contributed by atoms with Gasteiger partial charge in [-0.15, -0.1) is 0 Å². The molecule has 2 N–H and O–H groups in total. The van der Waals surface area contributed by atoms with Crippen LogP contribution in [0.3, 0.4) is 0 Å². The molecule has 5 heteroatoms. The van der Waals surface area contributed by atoms with Crippen LogP contribution in [0.1, 0.15) is 5.56 Å². The highest BCUT2D eigenvalue weighted by Gasteiger charge is 2.07. The van der Waals surface area contributed by atoms with Crippen LogP contribution in [0.4, 0.5) is 4.39 Å². The lowest BCUT2D eigenvalue weighted by atomic mass is 10.2. The summed E-state index contributed by atoms with van der Waals surface area (Å²) < 4.78 is 18.5. The van der Waals surface area contributed by atoms with Crippen LogP contribution in [-0.2, 0) is 0 Å². The van der Waals surface area contributed by atoms with Gasteiger partial charge in [0.25, 0.3) is 0 Å². The van der Waals surface area contributed by atoms with Crippen LogP contribution < -0.4 is 10.5 Å². The van der Waals surface area contributed by atoms with Crippen LogP contribution in [0.5, 0.6) is 11.5 Å². The number of hydrogen-bond acceptors (Lipinski definition) is 3. The maximum absolute atomic E-state index is 13.0. The van der Waals surface area contributed by atoms with Crippen molar-refractivity contribution in [2.24, 2.45) is 5.73 Å². The summed E-state index contributed by atoms with van der Waals surface area (Å²) in [6.07, 6.45) is 3.05. The minimum absolute atomic E-state index is 0.207. The summed E-state index contributed by atoms with van der Waals surface area (Å²) >= 11 is 4.89. The Balaban J connectivity index is 2.33. The van der Waals surface area contributed by atoms with Crippen molar-refractivity contribution >= 4 is 17.2 Å². The lowest BCUT2D eigenvalue weighted by Gasteiger charge is -2.09. The molecule has 1 aromatic carbocycles. The molecule has 0 saturated carbocycles. The molecular formula is C12H9FN2OS. The molecule has 0 saturated heterocycles. The smallest absolute Gasteiger partial charge is 0.155 e. The molecular weight excluding hydrogens is 239 g/mol. The number of pyridine rings is 1. The second-order valence-corrected chi connectivity index (χ2v) is 3.74.